The zero-order valence-electron chi connectivity index (χ0n) is 14.5. The van der Waals surface area contributed by atoms with E-state index in [1.807, 2.05) is 13.2 Å². The van der Waals surface area contributed by atoms with Crippen molar-refractivity contribution in [2.24, 2.45) is 7.05 Å². The van der Waals surface area contributed by atoms with Crippen LogP contribution in [-0.4, -0.2) is 54.2 Å². The summed E-state index contributed by atoms with van der Waals surface area (Å²) in [7, 11) is 3.38. The summed E-state index contributed by atoms with van der Waals surface area (Å²) < 4.78 is 6.76. The van der Waals surface area contributed by atoms with Crippen molar-refractivity contribution in [1.29, 1.82) is 0 Å². The van der Waals surface area contributed by atoms with Gasteiger partial charge in [-0.2, -0.15) is 5.10 Å². The first-order valence-electron chi connectivity index (χ1n) is 8.13. The van der Waals surface area contributed by atoms with Crippen molar-refractivity contribution in [2.45, 2.75) is 13.0 Å². The third-order valence-corrected chi connectivity index (χ3v) is 4.32. The van der Waals surface area contributed by atoms with E-state index in [9.17, 15) is 4.79 Å². The minimum absolute atomic E-state index is 0.147. The van der Waals surface area contributed by atoms with Crippen LogP contribution in [0.3, 0.4) is 0 Å². The predicted molar refractivity (Wildman–Crippen MR) is 91.3 cm³/mol. The van der Waals surface area contributed by atoms with Crippen LogP contribution in [0.2, 0.25) is 0 Å². The first kappa shape index (κ1) is 16.1. The highest BCUT2D eigenvalue weighted by atomic mass is 16.5. The number of nitrogens with zero attached hydrogens (tertiary/aromatic N) is 7. The number of rotatable bonds is 3. The van der Waals surface area contributed by atoms with Crippen LogP contribution in [-0.2, 0) is 20.0 Å². The van der Waals surface area contributed by atoms with Gasteiger partial charge in [-0.05, 0) is 0 Å². The lowest BCUT2D eigenvalue weighted by Crippen LogP contribution is -2.37. The van der Waals surface area contributed by atoms with E-state index in [-0.39, 0.29) is 11.7 Å². The second kappa shape index (κ2) is 6.51. The summed E-state index contributed by atoms with van der Waals surface area (Å²) in [5.41, 5.74) is 3.60. The molecule has 3 aromatic heterocycles. The van der Waals surface area contributed by atoms with Gasteiger partial charge in [0.15, 0.2) is 5.75 Å². The first-order chi connectivity index (χ1) is 12.7. The number of carbonyl (C=O) groups is 1. The third kappa shape index (κ3) is 2.87. The van der Waals surface area contributed by atoms with Gasteiger partial charge >= 0.3 is 0 Å². The Labute approximate surface area is 149 Å². The van der Waals surface area contributed by atoms with E-state index in [0.29, 0.717) is 25.3 Å². The summed E-state index contributed by atoms with van der Waals surface area (Å²) in [5.74, 6) is 0.436. The van der Waals surface area contributed by atoms with Gasteiger partial charge in [-0.15, -0.1) is 0 Å². The molecule has 0 aliphatic carbocycles. The maximum Gasteiger partial charge on any atom is 0.291 e. The number of aromatic nitrogens is 6. The highest BCUT2D eigenvalue weighted by Crippen LogP contribution is 2.27. The van der Waals surface area contributed by atoms with E-state index < -0.39 is 0 Å². The van der Waals surface area contributed by atoms with E-state index in [2.05, 4.69) is 25.0 Å². The lowest BCUT2D eigenvalue weighted by molar-refractivity contribution is 0.0721. The molecular formula is C17H17N7O2. The number of amides is 1. The number of ether oxygens (including phenoxy) is 1. The quantitative estimate of drug-likeness (QED) is 0.690. The summed E-state index contributed by atoms with van der Waals surface area (Å²) in [6.07, 6.45) is 8.86. The molecule has 0 fully saturated rings. The molecule has 0 unspecified atom stereocenters. The predicted octanol–water partition coefficient (Wildman–Crippen LogP) is 0.874. The van der Waals surface area contributed by atoms with Crippen LogP contribution in [0.25, 0.3) is 11.3 Å². The van der Waals surface area contributed by atoms with Gasteiger partial charge in [0.1, 0.15) is 6.33 Å². The molecule has 0 bridgehead atoms. The fraction of sp³-hybridized carbons (Fsp3) is 0.294. The number of methoxy groups -OCH3 is 1. The smallest absolute Gasteiger partial charge is 0.291 e. The molecule has 132 valence electrons. The molecule has 4 heterocycles. The maximum atomic E-state index is 12.8. The Hall–Kier alpha value is -3.36. The largest absolute Gasteiger partial charge is 0.494 e. The van der Waals surface area contributed by atoms with Crippen LogP contribution in [0.1, 0.15) is 21.9 Å². The molecule has 9 nitrogen and oxygen atoms in total. The Morgan fingerprint density at radius 1 is 1.15 bits per heavy atom. The van der Waals surface area contributed by atoms with Gasteiger partial charge in [0, 0.05) is 37.3 Å². The zero-order valence-corrected chi connectivity index (χ0v) is 14.5. The van der Waals surface area contributed by atoms with Crippen molar-refractivity contribution in [3.8, 4) is 17.0 Å². The van der Waals surface area contributed by atoms with Crippen molar-refractivity contribution in [2.75, 3.05) is 13.7 Å². The normalized spacial score (nSPS) is 13.4. The van der Waals surface area contributed by atoms with Crippen LogP contribution in [0.15, 0.2) is 31.1 Å². The molecule has 0 radical (unpaired) electrons. The molecule has 0 atom stereocenters. The van der Waals surface area contributed by atoms with E-state index in [0.717, 1.165) is 22.5 Å². The first-order valence-corrected chi connectivity index (χ1v) is 8.13. The van der Waals surface area contributed by atoms with E-state index >= 15 is 0 Å². The van der Waals surface area contributed by atoms with Gasteiger partial charge in [0.25, 0.3) is 5.91 Å². The van der Waals surface area contributed by atoms with E-state index in [4.69, 9.17) is 4.74 Å². The zero-order chi connectivity index (χ0) is 18.1. The topological polar surface area (TPSA) is 98.9 Å². The molecule has 0 N–H and O–H groups in total. The SMILES string of the molecule is COc1cnc(C(=O)N2CCc3ncnc(-c4cnn(C)c4)c3C2)nc1. The monoisotopic (exact) mass is 351 g/mol. The van der Waals surface area contributed by atoms with Crippen LogP contribution in [0, 0.1) is 0 Å². The summed E-state index contributed by atoms with van der Waals surface area (Å²) in [6, 6.07) is 0. The van der Waals surface area contributed by atoms with Gasteiger partial charge in [-0.3, -0.25) is 9.48 Å². The summed E-state index contributed by atoms with van der Waals surface area (Å²) in [5, 5.41) is 4.20. The summed E-state index contributed by atoms with van der Waals surface area (Å²) in [4.78, 5) is 31.5. The number of aryl methyl sites for hydroxylation is 1. The molecule has 4 rings (SSSR count). The molecule has 0 spiro atoms. The number of carbonyl (C=O) groups excluding carboxylic acids is 1. The Morgan fingerprint density at radius 2 is 1.96 bits per heavy atom. The lowest BCUT2D eigenvalue weighted by Gasteiger charge is -2.28. The van der Waals surface area contributed by atoms with Gasteiger partial charge in [-0.25, -0.2) is 19.9 Å². The summed E-state index contributed by atoms with van der Waals surface area (Å²) in [6.45, 7) is 0.972. The second-order valence-electron chi connectivity index (χ2n) is 5.97. The average Bonchev–Trinajstić information content (AvgIpc) is 3.12. The molecule has 1 amide bonds. The number of hydrogen-bond acceptors (Lipinski definition) is 7. The molecular weight excluding hydrogens is 334 g/mol. The lowest BCUT2D eigenvalue weighted by atomic mass is 10.0. The highest BCUT2D eigenvalue weighted by Gasteiger charge is 2.27. The third-order valence-electron chi connectivity index (χ3n) is 4.32. The molecule has 0 saturated carbocycles. The van der Waals surface area contributed by atoms with Crippen molar-refractivity contribution < 1.29 is 9.53 Å². The van der Waals surface area contributed by atoms with Crippen molar-refractivity contribution in [3.05, 3.63) is 48.2 Å². The molecule has 3 aromatic rings. The van der Waals surface area contributed by atoms with Gasteiger partial charge in [0.05, 0.1) is 43.6 Å². The fourth-order valence-corrected chi connectivity index (χ4v) is 2.98. The average molecular weight is 351 g/mol. The summed E-state index contributed by atoms with van der Waals surface area (Å²) >= 11 is 0. The van der Waals surface area contributed by atoms with Gasteiger partial charge in [0.2, 0.25) is 5.82 Å². The maximum absolute atomic E-state index is 12.8. The highest BCUT2D eigenvalue weighted by molar-refractivity contribution is 5.90. The second-order valence-corrected chi connectivity index (χ2v) is 5.97. The van der Waals surface area contributed by atoms with Crippen LogP contribution in [0.5, 0.6) is 5.75 Å². The minimum atomic E-state index is -0.223. The van der Waals surface area contributed by atoms with E-state index in [1.165, 1.54) is 19.5 Å². The standard InChI is InChI=1S/C17H17N7O2/c1-23-8-11(5-22-23)15-13-9-24(4-3-14(13)20-10-21-15)17(25)16-18-6-12(26-2)7-19-16/h5-8,10H,3-4,9H2,1-2H3. The molecule has 1 aliphatic heterocycles. The van der Waals surface area contributed by atoms with Crippen molar-refractivity contribution >= 4 is 5.91 Å². The minimum Gasteiger partial charge on any atom is -0.494 e. The van der Waals surface area contributed by atoms with Crippen LogP contribution < -0.4 is 4.74 Å². The Balaban J connectivity index is 1.63. The fourth-order valence-electron chi connectivity index (χ4n) is 2.98. The van der Waals surface area contributed by atoms with Gasteiger partial charge in [-0.1, -0.05) is 0 Å². The Kier molecular flexibility index (Phi) is 4.04. The number of fused-ring (bicyclic) bond motifs is 1. The molecule has 26 heavy (non-hydrogen) atoms. The Morgan fingerprint density at radius 3 is 2.65 bits per heavy atom. The molecule has 1 aliphatic rings. The van der Waals surface area contributed by atoms with E-state index in [1.54, 1.807) is 22.1 Å². The van der Waals surface area contributed by atoms with Crippen LogP contribution in [0.4, 0.5) is 0 Å². The molecule has 0 aromatic carbocycles. The number of hydrogen-bond donors (Lipinski definition) is 0. The van der Waals surface area contributed by atoms with Crippen molar-refractivity contribution in [3.63, 3.8) is 0 Å². The Bertz CT molecular complexity index is 952. The molecule has 0 saturated heterocycles. The van der Waals surface area contributed by atoms with Gasteiger partial charge < -0.3 is 9.64 Å². The van der Waals surface area contributed by atoms with Crippen LogP contribution >= 0.6 is 0 Å². The molecule has 9 heteroatoms. The van der Waals surface area contributed by atoms with Crippen molar-refractivity contribution in [1.82, 2.24) is 34.6 Å².